The fourth-order valence-corrected chi connectivity index (χ4v) is 2.97. The van der Waals surface area contributed by atoms with Crippen LogP contribution in [0.4, 0.5) is 0 Å². The van der Waals surface area contributed by atoms with Crippen LogP contribution in [0.2, 0.25) is 0 Å². The number of ether oxygens (including phenoxy) is 1. The summed E-state index contributed by atoms with van der Waals surface area (Å²) >= 11 is 0. The lowest BCUT2D eigenvalue weighted by Gasteiger charge is -2.14. The van der Waals surface area contributed by atoms with Crippen molar-refractivity contribution in [1.82, 2.24) is 20.2 Å². The Kier molecular flexibility index (Phi) is 5.97. The quantitative estimate of drug-likeness (QED) is 0.708. The Morgan fingerprint density at radius 1 is 1.41 bits per heavy atom. The first-order chi connectivity index (χ1) is 13.1. The molecule has 0 aliphatic carbocycles. The van der Waals surface area contributed by atoms with Crippen LogP contribution in [0.3, 0.4) is 0 Å². The lowest BCUT2D eigenvalue weighted by molar-refractivity contribution is -0.121. The molecular weight excluding hydrogens is 348 g/mol. The molecule has 8 heteroatoms. The lowest BCUT2D eigenvalue weighted by atomic mass is 10.1. The Balaban J connectivity index is 1.70. The maximum atomic E-state index is 12.7. The molecule has 0 aromatic carbocycles. The predicted molar refractivity (Wildman–Crippen MR) is 97.0 cm³/mol. The van der Waals surface area contributed by atoms with Crippen LogP contribution in [0, 0.1) is 0 Å². The highest BCUT2D eigenvalue weighted by atomic mass is 16.5. The van der Waals surface area contributed by atoms with E-state index in [1.807, 2.05) is 18.2 Å². The van der Waals surface area contributed by atoms with Gasteiger partial charge in [-0.2, -0.15) is 0 Å². The van der Waals surface area contributed by atoms with Crippen molar-refractivity contribution in [2.45, 2.75) is 25.9 Å². The number of nitrogens with zero attached hydrogens (tertiary/aromatic N) is 3. The van der Waals surface area contributed by atoms with E-state index in [1.165, 1.54) is 7.11 Å². The third kappa shape index (κ3) is 4.40. The standard InChI is InChI=1S/C19H22N4O4/c1-27-18-13(11-21-17(25)6-9-24)10-15-16(22-18)12-23(19(15)26)8-5-14-4-2-3-7-20-14/h2-4,7,10,24H,5-6,8-9,11-12H2,1H3,(H,21,25). The minimum absolute atomic E-state index is 0.0287. The van der Waals surface area contributed by atoms with E-state index in [4.69, 9.17) is 9.84 Å². The number of rotatable bonds is 8. The SMILES string of the molecule is COc1nc2c(cc1CNC(=O)CCO)C(=O)N(CCc1ccccn1)C2. The number of carbonyl (C=O) groups excluding carboxylic acids is 2. The molecule has 0 bridgehead atoms. The van der Waals surface area contributed by atoms with Crippen molar-refractivity contribution in [2.75, 3.05) is 20.3 Å². The molecule has 0 spiro atoms. The van der Waals surface area contributed by atoms with Crippen LogP contribution < -0.4 is 10.1 Å². The van der Waals surface area contributed by atoms with Crippen LogP contribution in [0.5, 0.6) is 5.88 Å². The number of pyridine rings is 2. The predicted octanol–water partition coefficient (Wildman–Crippen LogP) is 0.682. The Morgan fingerprint density at radius 3 is 2.96 bits per heavy atom. The number of aliphatic hydroxyl groups excluding tert-OH is 1. The molecule has 3 rings (SSSR count). The molecule has 0 saturated heterocycles. The van der Waals surface area contributed by atoms with Crippen LogP contribution in [0.1, 0.15) is 33.7 Å². The highest BCUT2D eigenvalue weighted by Gasteiger charge is 2.30. The number of nitrogens with one attached hydrogen (secondary N) is 1. The second-order valence-electron chi connectivity index (χ2n) is 6.20. The van der Waals surface area contributed by atoms with Crippen molar-refractivity contribution in [1.29, 1.82) is 0 Å². The van der Waals surface area contributed by atoms with E-state index in [0.717, 1.165) is 5.69 Å². The van der Waals surface area contributed by atoms with Gasteiger partial charge in [-0.1, -0.05) is 6.07 Å². The van der Waals surface area contributed by atoms with E-state index in [1.54, 1.807) is 17.2 Å². The first kappa shape index (κ1) is 18.8. The van der Waals surface area contributed by atoms with E-state index < -0.39 is 0 Å². The van der Waals surface area contributed by atoms with Gasteiger partial charge >= 0.3 is 0 Å². The summed E-state index contributed by atoms with van der Waals surface area (Å²) in [5, 5.41) is 11.5. The Morgan fingerprint density at radius 2 is 2.26 bits per heavy atom. The van der Waals surface area contributed by atoms with E-state index in [0.29, 0.717) is 42.2 Å². The first-order valence-electron chi connectivity index (χ1n) is 8.76. The van der Waals surface area contributed by atoms with Crippen molar-refractivity contribution in [3.63, 3.8) is 0 Å². The summed E-state index contributed by atoms with van der Waals surface area (Å²) in [5.41, 5.74) is 2.76. The molecule has 0 unspecified atom stereocenters. The van der Waals surface area contributed by atoms with Gasteiger partial charge in [-0.05, 0) is 18.2 Å². The summed E-state index contributed by atoms with van der Waals surface area (Å²) < 4.78 is 5.31. The molecule has 0 atom stereocenters. The highest BCUT2D eigenvalue weighted by Crippen LogP contribution is 2.27. The van der Waals surface area contributed by atoms with Gasteiger partial charge in [-0.15, -0.1) is 0 Å². The zero-order valence-corrected chi connectivity index (χ0v) is 15.1. The molecule has 2 amide bonds. The van der Waals surface area contributed by atoms with E-state index in [2.05, 4.69) is 15.3 Å². The van der Waals surface area contributed by atoms with Gasteiger partial charge in [0, 0.05) is 43.4 Å². The number of amides is 2. The van der Waals surface area contributed by atoms with Gasteiger partial charge in [0.05, 0.1) is 31.5 Å². The molecular formula is C19H22N4O4. The van der Waals surface area contributed by atoms with Crippen molar-refractivity contribution in [3.8, 4) is 5.88 Å². The Bertz CT molecular complexity index is 826. The van der Waals surface area contributed by atoms with Crippen molar-refractivity contribution >= 4 is 11.8 Å². The number of aliphatic hydroxyl groups is 1. The Labute approximate surface area is 157 Å². The number of aromatic nitrogens is 2. The lowest BCUT2D eigenvalue weighted by Crippen LogP contribution is -2.26. The van der Waals surface area contributed by atoms with Crippen molar-refractivity contribution in [2.24, 2.45) is 0 Å². The van der Waals surface area contributed by atoms with Crippen LogP contribution in [-0.2, 0) is 24.3 Å². The fraction of sp³-hybridized carbons (Fsp3) is 0.368. The molecule has 1 aliphatic heterocycles. The number of fused-ring (bicyclic) bond motifs is 1. The van der Waals surface area contributed by atoms with E-state index >= 15 is 0 Å². The molecule has 142 valence electrons. The van der Waals surface area contributed by atoms with Crippen LogP contribution in [0.15, 0.2) is 30.5 Å². The summed E-state index contributed by atoms with van der Waals surface area (Å²) in [5.74, 6) is 0.0276. The smallest absolute Gasteiger partial charge is 0.256 e. The summed E-state index contributed by atoms with van der Waals surface area (Å²) in [6.45, 7) is 0.949. The van der Waals surface area contributed by atoms with E-state index in [9.17, 15) is 9.59 Å². The number of carbonyl (C=O) groups is 2. The second-order valence-corrected chi connectivity index (χ2v) is 6.20. The highest BCUT2D eigenvalue weighted by molar-refractivity contribution is 5.98. The molecule has 0 saturated carbocycles. The van der Waals surface area contributed by atoms with Gasteiger partial charge in [-0.25, -0.2) is 4.98 Å². The van der Waals surface area contributed by atoms with Gasteiger partial charge in [0.1, 0.15) is 0 Å². The van der Waals surface area contributed by atoms with Gasteiger partial charge in [0.2, 0.25) is 11.8 Å². The van der Waals surface area contributed by atoms with E-state index in [-0.39, 0.29) is 31.4 Å². The maximum absolute atomic E-state index is 12.7. The molecule has 0 fully saturated rings. The summed E-state index contributed by atoms with van der Waals surface area (Å²) in [4.78, 5) is 34.8. The van der Waals surface area contributed by atoms with Crippen LogP contribution in [-0.4, -0.2) is 52.1 Å². The molecule has 2 aromatic rings. The zero-order valence-electron chi connectivity index (χ0n) is 15.1. The third-order valence-corrected chi connectivity index (χ3v) is 4.37. The number of hydrogen-bond acceptors (Lipinski definition) is 6. The number of hydrogen-bond donors (Lipinski definition) is 2. The minimum atomic E-state index is -0.275. The molecule has 2 aromatic heterocycles. The molecule has 8 nitrogen and oxygen atoms in total. The molecule has 2 N–H and O–H groups in total. The molecule has 3 heterocycles. The number of methoxy groups -OCH3 is 1. The topological polar surface area (TPSA) is 105 Å². The van der Waals surface area contributed by atoms with Crippen molar-refractivity contribution in [3.05, 3.63) is 53.0 Å². The average Bonchev–Trinajstić information content (AvgIpc) is 3.00. The van der Waals surface area contributed by atoms with Gasteiger partial charge in [0.15, 0.2) is 0 Å². The third-order valence-electron chi connectivity index (χ3n) is 4.37. The molecule has 27 heavy (non-hydrogen) atoms. The molecule has 1 aliphatic rings. The maximum Gasteiger partial charge on any atom is 0.256 e. The first-order valence-corrected chi connectivity index (χ1v) is 8.76. The monoisotopic (exact) mass is 370 g/mol. The summed E-state index contributed by atoms with van der Waals surface area (Å²) in [6.07, 6.45) is 2.43. The second kappa shape index (κ2) is 8.59. The van der Waals surface area contributed by atoms with Gasteiger partial charge < -0.3 is 20.1 Å². The van der Waals surface area contributed by atoms with Crippen LogP contribution >= 0.6 is 0 Å². The largest absolute Gasteiger partial charge is 0.481 e. The minimum Gasteiger partial charge on any atom is -0.481 e. The Hall–Kier alpha value is -3.00. The summed E-state index contributed by atoms with van der Waals surface area (Å²) in [7, 11) is 1.50. The van der Waals surface area contributed by atoms with Crippen molar-refractivity contribution < 1.29 is 19.4 Å². The van der Waals surface area contributed by atoms with Gasteiger partial charge in [-0.3, -0.25) is 14.6 Å². The fourth-order valence-electron chi connectivity index (χ4n) is 2.97. The molecule has 0 radical (unpaired) electrons. The normalized spacial score (nSPS) is 12.8. The average molecular weight is 370 g/mol. The zero-order chi connectivity index (χ0) is 19.2. The van der Waals surface area contributed by atoms with Crippen LogP contribution in [0.25, 0.3) is 0 Å². The summed E-state index contributed by atoms with van der Waals surface area (Å²) in [6, 6.07) is 7.44. The van der Waals surface area contributed by atoms with Gasteiger partial charge in [0.25, 0.3) is 5.91 Å².